The molecular formula is C20H20N8O. The number of aromatic nitrogens is 5. The number of pyridine rings is 1. The maximum atomic E-state index is 12.8. The van der Waals surface area contributed by atoms with Gasteiger partial charge in [-0.2, -0.15) is 5.10 Å². The third-order valence-corrected chi connectivity index (χ3v) is 5.02. The smallest absolute Gasteiger partial charge is 0.293 e. The number of hydrogen-bond donors (Lipinski definition) is 4. The van der Waals surface area contributed by atoms with E-state index in [1.54, 1.807) is 12.4 Å². The molecule has 0 saturated carbocycles. The first-order valence-electron chi connectivity index (χ1n) is 9.49. The van der Waals surface area contributed by atoms with Crippen LogP contribution in [0.4, 0.5) is 11.4 Å². The van der Waals surface area contributed by atoms with Gasteiger partial charge >= 0.3 is 0 Å². The van der Waals surface area contributed by atoms with E-state index in [1.165, 1.54) is 0 Å². The highest BCUT2D eigenvalue weighted by Crippen LogP contribution is 2.25. The van der Waals surface area contributed by atoms with Crippen LogP contribution in [0.5, 0.6) is 0 Å². The Morgan fingerprint density at radius 3 is 2.93 bits per heavy atom. The van der Waals surface area contributed by atoms with E-state index < -0.39 is 0 Å². The lowest BCUT2D eigenvalue weighted by Crippen LogP contribution is -2.43. The van der Waals surface area contributed by atoms with Gasteiger partial charge in [-0.05, 0) is 30.3 Å². The van der Waals surface area contributed by atoms with E-state index in [4.69, 9.17) is 0 Å². The van der Waals surface area contributed by atoms with E-state index >= 15 is 0 Å². The first kappa shape index (κ1) is 17.4. The highest BCUT2D eigenvalue weighted by Gasteiger charge is 2.18. The second-order valence-corrected chi connectivity index (χ2v) is 6.87. The van der Waals surface area contributed by atoms with Gasteiger partial charge in [0.1, 0.15) is 0 Å². The number of hydrogen-bond acceptors (Lipinski definition) is 6. The van der Waals surface area contributed by atoms with Gasteiger partial charge < -0.3 is 20.5 Å². The van der Waals surface area contributed by atoms with Crippen LogP contribution in [0.3, 0.4) is 0 Å². The fourth-order valence-corrected chi connectivity index (χ4v) is 3.53. The molecule has 4 heterocycles. The van der Waals surface area contributed by atoms with Crippen molar-refractivity contribution >= 4 is 28.2 Å². The Balaban J connectivity index is 1.37. The zero-order valence-corrected chi connectivity index (χ0v) is 15.6. The lowest BCUT2D eigenvalue weighted by atomic mass is 10.1. The molecule has 29 heavy (non-hydrogen) atoms. The Bertz CT molecular complexity index is 1160. The van der Waals surface area contributed by atoms with E-state index in [0.29, 0.717) is 11.5 Å². The van der Waals surface area contributed by atoms with Crippen molar-refractivity contribution in [1.29, 1.82) is 0 Å². The van der Waals surface area contributed by atoms with Crippen LogP contribution in [-0.4, -0.2) is 57.2 Å². The lowest BCUT2D eigenvalue weighted by Gasteiger charge is -2.30. The molecule has 0 aliphatic carbocycles. The number of aromatic amines is 2. The molecule has 1 saturated heterocycles. The number of nitrogens with one attached hydrogen (secondary N) is 4. The molecule has 0 spiro atoms. The molecule has 4 N–H and O–H groups in total. The van der Waals surface area contributed by atoms with Gasteiger partial charge in [0.25, 0.3) is 5.91 Å². The topological polar surface area (TPSA) is 115 Å². The molecule has 9 heteroatoms. The fraction of sp³-hybridized carbons (Fsp3) is 0.200. The minimum Gasteiger partial charge on any atom is -0.367 e. The molecule has 0 radical (unpaired) electrons. The van der Waals surface area contributed by atoms with Gasteiger partial charge in [0.2, 0.25) is 5.82 Å². The van der Waals surface area contributed by atoms with Crippen molar-refractivity contribution in [3.63, 3.8) is 0 Å². The van der Waals surface area contributed by atoms with E-state index in [9.17, 15) is 4.79 Å². The molecule has 146 valence electrons. The van der Waals surface area contributed by atoms with Crippen LogP contribution in [-0.2, 0) is 0 Å². The van der Waals surface area contributed by atoms with Gasteiger partial charge in [-0.1, -0.05) is 0 Å². The Morgan fingerprint density at radius 2 is 2.03 bits per heavy atom. The predicted octanol–water partition coefficient (Wildman–Crippen LogP) is 2.01. The van der Waals surface area contributed by atoms with Gasteiger partial charge in [0, 0.05) is 55.0 Å². The average molecular weight is 388 g/mol. The molecule has 3 aromatic heterocycles. The third-order valence-electron chi connectivity index (χ3n) is 5.02. The summed E-state index contributed by atoms with van der Waals surface area (Å²) in [5.41, 5.74) is 3.49. The number of piperazine rings is 1. The first-order valence-corrected chi connectivity index (χ1v) is 9.49. The quantitative estimate of drug-likeness (QED) is 0.425. The monoisotopic (exact) mass is 388 g/mol. The largest absolute Gasteiger partial charge is 0.367 e. The summed E-state index contributed by atoms with van der Waals surface area (Å²) < 4.78 is 0. The van der Waals surface area contributed by atoms with Gasteiger partial charge in [0.05, 0.1) is 17.6 Å². The van der Waals surface area contributed by atoms with Crippen LogP contribution in [0.2, 0.25) is 0 Å². The summed E-state index contributed by atoms with van der Waals surface area (Å²) in [7, 11) is 0. The zero-order chi connectivity index (χ0) is 19.6. The van der Waals surface area contributed by atoms with Gasteiger partial charge in [-0.25, -0.2) is 4.98 Å². The molecule has 0 unspecified atom stereocenters. The fourth-order valence-electron chi connectivity index (χ4n) is 3.53. The second-order valence-electron chi connectivity index (χ2n) is 6.87. The summed E-state index contributed by atoms with van der Waals surface area (Å²) in [6.07, 6.45) is 5.28. The number of anilines is 2. The van der Waals surface area contributed by atoms with Gasteiger partial charge in [-0.15, -0.1) is 0 Å². The number of benzene rings is 1. The number of carbonyl (C=O) groups is 1. The van der Waals surface area contributed by atoms with Crippen molar-refractivity contribution in [2.75, 3.05) is 36.4 Å². The van der Waals surface area contributed by atoms with Crippen LogP contribution in [0.15, 0.2) is 48.9 Å². The Morgan fingerprint density at radius 1 is 1.14 bits per heavy atom. The van der Waals surface area contributed by atoms with Crippen molar-refractivity contribution in [2.45, 2.75) is 0 Å². The highest BCUT2D eigenvalue weighted by molar-refractivity contribution is 6.03. The molecule has 9 nitrogen and oxygen atoms in total. The SMILES string of the molecule is O=C(Nc1cnccc1N1CCNCC1)c1nc(-c2ccc3[nH]ccc3c2)n[nH]1. The Labute approximate surface area is 166 Å². The summed E-state index contributed by atoms with van der Waals surface area (Å²) in [5.74, 6) is 0.284. The van der Waals surface area contributed by atoms with Crippen LogP contribution in [0, 0.1) is 0 Å². The van der Waals surface area contributed by atoms with Crippen molar-refractivity contribution in [2.24, 2.45) is 0 Å². The molecule has 4 aromatic rings. The first-order chi connectivity index (χ1) is 14.3. The minimum absolute atomic E-state index is 0.157. The van der Waals surface area contributed by atoms with E-state index in [-0.39, 0.29) is 11.7 Å². The number of carbonyl (C=O) groups excluding carboxylic acids is 1. The summed E-state index contributed by atoms with van der Waals surface area (Å²) in [4.78, 5) is 26.7. The maximum absolute atomic E-state index is 12.8. The van der Waals surface area contributed by atoms with E-state index in [2.05, 4.69) is 40.7 Å². The average Bonchev–Trinajstić information content (AvgIpc) is 3.44. The molecule has 1 aliphatic heterocycles. The van der Waals surface area contributed by atoms with Crippen LogP contribution in [0.25, 0.3) is 22.3 Å². The molecule has 5 rings (SSSR count). The normalized spacial score (nSPS) is 14.3. The number of nitrogens with zero attached hydrogens (tertiary/aromatic N) is 4. The molecule has 0 bridgehead atoms. The molecule has 0 atom stereocenters. The highest BCUT2D eigenvalue weighted by atomic mass is 16.2. The Kier molecular flexibility index (Phi) is 4.41. The summed E-state index contributed by atoms with van der Waals surface area (Å²) >= 11 is 0. The van der Waals surface area contributed by atoms with Crippen molar-refractivity contribution in [1.82, 2.24) is 30.5 Å². The predicted molar refractivity (Wildman–Crippen MR) is 111 cm³/mol. The van der Waals surface area contributed by atoms with Crippen LogP contribution in [0.1, 0.15) is 10.6 Å². The summed E-state index contributed by atoms with van der Waals surface area (Å²) in [6, 6.07) is 9.78. The lowest BCUT2D eigenvalue weighted by molar-refractivity contribution is 0.101. The molecule has 1 fully saturated rings. The number of amides is 1. The van der Waals surface area contributed by atoms with E-state index in [1.807, 2.05) is 36.5 Å². The van der Waals surface area contributed by atoms with Crippen molar-refractivity contribution in [3.8, 4) is 11.4 Å². The maximum Gasteiger partial charge on any atom is 0.293 e. The van der Waals surface area contributed by atoms with Crippen LogP contribution < -0.4 is 15.5 Å². The van der Waals surface area contributed by atoms with Gasteiger partial charge in [-0.3, -0.25) is 14.9 Å². The molecule has 1 aromatic carbocycles. The number of fused-ring (bicyclic) bond motifs is 1. The second kappa shape index (κ2) is 7.36. The number of H-pyrrole nitrogens is 2. The third kappa shape index (κ3) is 3.43. The number of rotatable bonds is 4. The summed E-state index contributed by atoms with van der Waals surface area (Å²) in [6.45, 7) is 3.57. The zero-order valence-electron chi connectivity index (χ0n) is 15.6. The summed E-state index contributed by atoms with van der Waals surface area (Å²) in [5, 5.41) is 14.3. The van der Waals surface area contributed by atoms with Gasteiger partial charge in [0.15, 0.2) is 5.82 Å². The van der Waals surface area contributed by atoms with Crippen LogP contribution >= 0.6 is 0 Å². The molecule has 1 aliphatic rings. The van der Waals surface area contributed by atoms with Crippen molar-refractivity contribution < 1.29 is 4.79 Å². The van der Waals surface area contributed by atoms with Crippen molar-refractivity contribution in [3.05, 3.63) is 54.7 Å². The standard InChI is InChI=1S/C20H20N8O/c29-20(24-16-12-22-5-4-17(16)28-9-7-21-8-10-28)19-25-18(26-27-19)14-1-2-15-13(11-14)3-6-23-15/h1-6,11-12,21,23H,7-10H2,(H,24,29)(H,25,26,27). The Hall–Kier alpha value is -3.72. The molecule has 1 amide bonds. The molecular weight excluding hydrogens is 368 g/mol. The minimum atomic E-state index is -0.351. The van der Waals surface area contributed by atoms with E-state index in [0.717, 1.165) is 48.3 Å².